The zero-order valence-electron chi connectivity index (χ0n) is 9.44. The minimum Gasteiger partial charge on any atom is -0.481 e. The van der Waals surface area contributed by atoms with E-state index in [2.05, 4.69) is 15.5 Å². The molecule has 0 saturated carbocycles. The Kier molecular flexibility index (Phi) is 4.96. The first-order valence-electron chi connectivity index (χ1n) is 5.07. The molecule has 0 fully saturated rings. The van der Waals surface area contributed by atoms with Crippen LogP contribution < -0.4 is 5.32 Å². The first kappa shape index (κ1) is 14.0. The fourth-order valence-electron chi connectivity index (χ4n) is 1.30. The predicted molar refractivity (Wildman–Crippen MR) is 66.6 cm³/mol. The van der Waals surface area contributed by atoms with Gasteiger partial charge in [0.25, 0.3) is 0 Å². The monoisotopic (exact) mass is 277 g/mol. The summed E-state index contributed by atoms with van der Waals surface area (Å²) >= 11 is 11.5. The maximum Gasteiger partial charge on any atom is 0.305 e. The minimum atomic E-state index is -0.875. The summed E-state index contributed by atoms with van der Waals surface area (Å²) in [7, 11) is 0. The summed E-state index contributed by atoms with van der Waals surface area (Å²) in [4.78, 5) is 10.7. The fraction of sp³-hybridized carbons (Fsp3) is 0.500. The number of nitrogens with one attached hydrogen (secondary N) is 1. The van der Waals surface area contributed by atoms with E-state index in [4.69, 9.17) is 28.3 Å². The maximum absolute atomic E-state index is 10.7. The third-order valence-electron chi connectivity index (χ3n) is 2.26. The highest BCUT2D eigenvalue weighted by atomic mass is 35.5. The predicted octanol–water partition coefficient (Wildman–Crippen LogP) is 2.69. The molecule has 2 N–H and O–H groups in total. The number of carboxylic acids is 1. The van der Waals surface area contributed by atoms with Crippen molar-refractivity contribution in [2.75, 3.05) is 5.32 Å². The number of carbonyl (C=O) groups is 1. The molecule has 1 aromatic rings. The van der Waals surface area contributed by atoms with Crippen LogP contribution in [0.3, 0.4) is 0 Å². The average Bonchev–Trinajstić information content (AvgIpc) is 2.21. The van der Waals surface area contributed by atoms with Crippen LogP contribution >= 0.6 is 23.2 Å². The molecule has 1 heterocycles. The van der Waals surface area contributed by atoms with Crippen LogP contribution in [0.2, 0.25) is 10.3 Å². The Labute approximate surface area is 109 Å². The van der Waals surface area contributed by atoms with Gasteiger partial charge in [-0.25, -0.2) is 0 Å². The van der Waals surface area contributed by atoms with Gasteiger partial charge in [0, 0.05) is 12.1 Å². The second-order valence-corrected chi connectivity index (χ2v) is 4.71. The van der Waals surface area contributed by atoms with Crippen molar-refractivity contribution in [3.05, 3.63) is 16.4 Å². The molecule has 0 aromatic carbocycles. The van der Waals surface area contributed by atoms with E-state index in [0.29, 0.717) is 5.69 Å². The molecule has 0 bridgehead atoms. The van der Waals surface area contributed by atoms with Crippen LogP contribution in [0.4, 0.5) is 5.69 Å². The van der Waals surface area contributed by atoms with Gasteiger partial charge >= 0.3 is 5.97 Å². The van der Waals surface area contributed by atoms with Crippen LogP contribution in [0.15, 0.2) is 6.07 Å². The zero-order chi connectivity index (χ0) is 13.0. The summed E-state index contributed by atoms with van der Waals surface area (Å²) in [5, 5.41) is 19.4. The van der Waals surface area contributed by atoms with Crippen molar-refractivity contribution < 1.29 is 9.90 Å². The lowest BCUT2D eigenvalue weighted by molar-refractivity contribution is -0.137. The first-order valence-corrected chi connectivity index (χ1v) is 5.82. The molecular weight excluding hydrogens is 265 g/mol. The summed E-state index contributed by atoms with van der Waals surface area (Å²) in [5.41, 5.74) is 0.492. The summed E-state index contributed by atoms with van der Waals surface area (Å²) in [6, 6.07) is 1.28. The summed E-state index contributed by atoms with van der Waals surface area (Å²) in [6.07, 6.45) is -0.00601. The zero-order valence-corrected chi connectivity index (χ0v) is 11.0. The first-order chi connectivity index (χ1) is 7.90. The van der Waals surface area contributed by atoms with E-state index in [1.54, 1.807) is 0 Å². The highest BCUT2D eigenvalue weighted by molar-refractivity contribution is 6.33. The van der Waals surface area contributed by atoms with E-state index in [1.165, 1.54) is 6.07 Å². The topological polar surface area (TPSA) is 75.1 Å². The Balaban J connectivity index is 2.85. The highest BCUT2D eigenvalue weighted by Gasteiger charge is 2.18. The summed E-state index contributed by atoms with van der Waals surface area (Å²) in [5.74, 6) is -0.741. The number of aliphatic carboxylic acids is 1. The third kappa shape index (κ3) is 4.36. The third-order valence-corrected chi connectivity index (χ3v) is 2.72. The van der Waals surface area contributed by atoms with Gasteiger partial charge in [0.1, 0.15) is 0 Å². The second-order valence-electron chi connectivity index (χ2n) is 3.96. The van der Waals surface area contributed by atoms with Crippen LogP contribution in [0, 0.1) is 5.92 Å². The second kappa shape index (κ2) is 6.02. The fourth-order valence-corrected chi connectivity index (χ4v) is 1.59. The molecule has 94 valence electrons. The molecule has 0 saturated heterocycles. The van der Waals surface area contributed by atoms with E-state index in [9.17, 15) is 4.79 Å². The largest absolute Gasteiger partial charge is 0.481 e. The number of halogens is 2. The van der Waals surface area contributed by atoms with Crippen molar-refractivity contribution in [1.29, 1.82) is 0 Å². The molecule has 1 rings (SSSR count). The number of hydrogen-bond acceptors (Lipinski definition) is 4. The van der Waals surface area contributed by atoms with E-state index in [0.717, 1.165) is 0 Å². The van der Waals surface area contributed by atoms with Gasteiger partial charge in [0.05, 0.1) is 12.1 Å². The quantitative estimate of drug-likeness (QED) is 0.866. The Morgan fingerprint density at radius 3 is 2.65 bits per heavy atom. The van der Waals surface area contributed by atoms with Gasteiger partial charge in [-0.2, -0.15) is 0 Å². The Morgan fingerprint density at radius 2 is 2.12 bits per heavy atom. The van der Waals surface area contributed by atoms with Gasteiger partial charge in [-0.3, -0.25) is 4.79 Å². The standard InChI is InChI=1S/C10H13Cl2N3O2/c1-5(2)6(4-9(16)17)13-7-3-8(11)14-15-10(7)12/h3,5-6H,4H2,1-2H3,(H,13,14)(H,16,17). The van der Waals surface area contributed by atoms with Crippen molar-refractivity contribution in [3.8, 4) is 0 Å². The van der Waals surface area contributed by atoms with Gasteiger partial charge < -0.3 is 10.4 Å². The maximum atomic E-state index is 10.7. The minimum absolute atomic E-state index is 0.00601. The van der Waals surface area contributed by atoms with Gasteiger partial charge in [-0.05, 0) is 5.92 Å². The molecule has 0 radical (unpaired) electrons. The molecule has 1 atom stereocenters. The van der Waals surface area contributed by atoms with Gasteiger partial charge in [-0.15, -0.1) is 10.2 Å². The molecular formula is C10H13Cl2N3O2. The van der Waals surface area contributed by atoms with Crippen LogP contribution in [0.1, 0.15) is 20.3 Å². The normalized spacial score (nSPS) is 12.5. The molecule has 5 nitrogen and oxygen atoms in total. The van der Waals surface area contributed by atoms with Crippen LogP contribution in [-0.2, 0) is 4.79 Å². The van der Waals surface area contributed by atoms with Crippen LogP contribution in [0.5, 0.6) is 0 Å². The van der Waals surface area contributed by atoms with Crippen molar-refractivity contribution in [2.45, 2.75) is 26.3 Å². The molecule has 1 aromatic heterocycles. The Bertz CT molecular complexity index is 413. The molecule has 0 aliphatic heterocycles. The van der Waals surface area contributed by atoms with E-state index >= 15 is 0 Å². The molecule has 0 aliphatic rings. The Morgan fingerprint density at radius 1 is 1.47 bits per heavy atom. The molecule has 17 heavy (non-hydrogen) atoms. The van der Waals surface area contributed by atoms with Crippen molar-refractivity contribution in [1.82, 2.24) is 10.2 Å². The molecule has 0 amide bonds. The molecule has 0 spiro atoms. The number of rotatable bonds is 5. The number of aromatic nitrogens is 2. The molecule has 7 heteroatoms. The van der Waals surface area contributed by atoms with Gasteiger partial charge in [0.2, 0.25) is 0 Å². The van der Waals surface area contributed by atoms with E-state index < -0.39 is 5.97 Å². The number of nitrogens with zero attached hydrogens (tertiary/aromatic N) is 2. The molecule has 0 aliphatic carbocycles. The molecule has 1 unspecified atom stereocenters. The lowest BCUT2D eigenvalue weighted by Gasteiger charge is -2.22. The smallest absolute Gasteiger partial charge is 0.305 e. The van der Waals surface area contributed by atoms with Crippen LogP contribution in [0.25, 0.3) is 0 Å². The van der Waals surface area contributed by atoms with Crippen molar-refractivity contribution >= 4 is 34.9 Å². The van der Waals surface area contributed by atoms with Crippen molar-refractivity contribution in [2.24, 2.45) is 5.92 Å². The highest BCUT2D eigenvalue weighted by Crippen LogP contribution is 2.23. The van der Waals surface area contributed by atoms with E-state index in [-0.39, 0.29) is 28.7 Å². The summed E-state index contributed by atoms with van der Waals surface area (Å²) < 4.78 is 0. The number of carboxylic acid groups (broad SMARTS) is 1. The lowest BCUT2D eigenvalue weighted by atomic mass is 10.0. The lowest BCUT2D eigenvalue weighted by Crippen LogP contribution is -2.28. The van der Waals surface area contributed by atoms with Gasteiger partial charge in [-0.1, -0.05) is 37.0 Å². The average molecular weight is 278 g/mol. The number of anilines is 1. The van der Waals surface area contributed by atoms with Crippen LogP contribution in [-0.4, -0.2) is 27.3 Å². The summed E-state index contributed by atoms with van der Waals surface area (Å²) in [6.45, 7) is 3.84. The SMILES string of the molecule is CC(C)C(CC(=O)O)Nc1cc(Cl)nnc1Cl. The van der Waals surface area contributed by atoms with Gasteiger partial charge in [0.15, 0.2) is 10.3 Å². The Hall–Kier alpha value is -1.07. The van der Waals surface area contributed by atoms with Crippen molar-refractivity contribution in [3.63, 3.8) is 0 Å². The number of hydrogen-bond donors (Lipinski definition) is 2. The van der Waals surface area contributed by atoms with E-state index in [1.807, 2.05) is 13.8 Å².